The summed E-state index contributed by atoms with van der Waals surface area (Å²) < 4.78 is 5.88. The van der Waals surface area contributed by atoms with E-state index in [1.807, 2.05) is 32.0 Å². The number of anilines is 1. The first-order chi connectivity index (χ1) is 9.99. The average Bonchev–Trinajstić information content (AvgIpc) is 3.18. The summed E-state index contributed by atoms with van der Waals surface area (Å²) in [6, 6.07) is 6.37. The Bertz CT molecular complexity index is 531. The lowest BCUT2D eigenvalue weighted by Crippen LogP contribution is -2.51. The molecule has 2 fully saturated rings. The summed E-state index contributed by atoms with van der Waals surface area (Å²) >= 11 is 0. The molecule has 4 heteroatoms. The lowest BCUT2D eigenvalue weighted by atomic mass is 10.1. The number of nitrogens with zero attached hydrogens (tertiary/aromatic N) is 1. The zero-order valence-electron chi connectivity index (χ0n) is 13.1. The SMILES string of the molecule is Cc1cccc(C)c1NC(=O)CN1CC2(CC2)OCC1C. The first-order valence-electron chi connectivity index (χ1n) is 7.73. The van der Waals surface area contributed by atoms with Gasteiger partial charge >= 0.3 is 0 Å². The summed E-state index contributed by atoms with van der Waals surface area (Å²) in [6.07, 6.45) is 2.27. The van der Waals surface area contributed by atoms with Gasteiger partial charge in [0.1, 0.15) is 0 Å². The maximum Gasteiger partial charge on any atom is 0.238 e. The van der Waals surface area contributed by atoms with Gasteiger partial charge < -0.3 is 10.1 Å². The molecule has 21 heavy (non-hydrogen) atoms. The fourth-order valence-electron chi connectivity index (χ4n) is 3.00. The number of amides is 1. The maximum atomic E-state index is 12.4. The number of ether oxygens (including phenoxy) is 1. The first-order valence-corrected chi connectivity index (χ1v) is 7.73. The highest BCUT2D eigenvalue weighted by Crippen LogP contribution is 2.42. The number of para-hydroxylation sites is 1. The van der Waals surface area contributed by atoms with Gasteiger partial charge in [0.2, 0.25) is 5.91 Å². The van der Waals surface area contributed by atoms with E-state index in [2.05, 4.69) is 17.1 Å². The molecule has 1 unspecified atom stereocenters. The van der Waals surface area contributed by atoms with Gasteiger partial charge in [-0.25, -0.2) is 0 Å². The van der Waals surface area contributed by atoms with E-state index in [1.165, 1.54) is 0 Å². The van der Waals surface area contributed by atoms with Crippen LogP contribution in [-0.4, -0.2) is 42.1 Å². The van der Waals surface area contributed by atoms with Crippen molar-refractivity contribution >= 4 is 11.6 Å². The van der Waals surface area contributed by atoms with Crippen LogP contribution in [0.3, 0.4) is 0 Å². The minimum Gasteiger partial charge on any atom is -0.372 e. The lowest BCUT2D eigenvalue weighted by molar-refractivity contribution is -0.122. The van der Waals surface area contributed by atoms with Crippen molar-refractivity contribution in [3.8, 4) is 0 Å². The van der Waals surface area contributed by atoms with Crippen molar-refractivity contribution in [3.63, 3.8) is 0 Å². The smallest absolute Gasteiger partial charge is 0.238 e. The topological polar surface area (TPSA) is 41.6 Å². The van der Waals surface area contributed by atoms with Crippen molar-refractivity contribution in [3.05, 3.63) is 29.3 Å². The lowest BCUT2D eigenvalue weighted by Gasteiger charge is -2.38. The van der Waals surface area contributed by atoms with Crippen LogP contribution in [0.15, 0.2) is 18.2 Å². The molecule has 114 valence electrons. The van der Waals surface area contributed by atoms with Gasteiger partial charge in [-0.1, -0.05) is 18.2 Å². The van der Waals surface area contributed by atoms with Gasteiger partial charge in [0.15, 0.2) is 0 Å². The third-order valence-electron chi connectivity index (χ3n) is 4.65. The second-order valence-corrected chi connectivity index (χ2v) is 6.56. The fraction of sp³-hybridized carbons (Fsp3) is 0.588. The van der Waals surface area contributed by atoms with Gasteiger partial charge in [-0.15, -0.1) is 0 Å². The highest BCUT2D eigenvalue weighted by molar-refractivity contribution is 5.93. The minimum atomic E-state index is 0.0609. The zero-order chi connectivity index (χ0) is 15.0. The molecule has 0 aromatic heterocycles. The van der Waals surface area contributed by atoms with E-state index in [-0.39, 0.29) is 11.5 Å². The molecule has 1 N–H and O–H groups in total. The van der Waals surface area contributed by atoms with Crippen LogP contribution in [0.4, 0.5) is 5.69 Å². The highest BCUT2D eigenvalue weighted by atomic mass is 16.5. The van der Waals surface area contributed by atoms with E-state index in [9.17, 15) is 4.79 Å². The summed E-state index contributed by atoms with van der Waals surface area (Å²) in [5.74, 6) is 0.0666. The van der Waals surface area contributed by atoms with Gasteiger partial charge in [0, 0.05) is 18.3 Å². The number of benzene rings is 1. The molecule has 1 saturated carbocycles. The maximum absolute atomic E-state index is 12.4. The summed E-state index contributed by atoms with van der Waals surface area (Å²) in [5, 5.41) is 3.07. The van der Waals surface area contributed by atoms with Gasteiger partial charge in [0.25, 0.3) is 0 Å². The molecule has 4 nitrogen and oxygen atoms in total. The van der Waals surface area contributed by atoms with Crippen LogP contribution in [0.1, 0.15) is 30.9 Å². The Balaban J connectivity index is 1.63. The van der Waals surface area contributed by atoms with Crippen LogP contribution >= 0.6 is 0 Å². The third-order valence-corrected chi connectivity index (χ3v) is 4.65. The standard InChI is InChI=1S/C17H24N2O2/c1-12-5-4-6-13(2)16(12)18-15(20)9-19-11-17(7-8-17)21-10-14(19)3/h4-6,14H,7-11H2,1-3H3,(H,18,20). The molecular formula is C17H24N2O2. The molecule has 2 aliphatic rings. The van der Waals surface area contributed by atoms with Crippen LogP contribution in [0.2, 0.25) is 0 Å². The second-order valence-electron chi connectivity index (χ2n) is 6.56. The first kappa shape index (κ1) is 14.5. The van der Waals surface area contributed by atoms with Gasteiger partial charge in [-0.3, -0.25) is 9.69 Å². The molecule has 1 spiro atoms. The molecule has 1 aliphatic carbocycles. The van der Waals surface area contributed by atoms with Gasteiger partial charge in [-0.05, 0) is 44.7 Å². The Hall–Kier alpha value is -1.39. The molecule has 1 heterocycles. The van der Waals surface area contributed by atoms with E-state index in [1.54, 1.807) is 0 Å². The van der Waals surface area contributed by atoms with Crippen LogP contribution in [0.25, 0.3) is 0 Å². The Morgan fingerprint density at radius 3 is 2.67 bits per heavy atom. The van der Waals surface area contributed by atoms with Crippen molar-refractivity contribution in [1.82, 2.24) is 4.90 Å². The van der Waals surface area contributed by atoms with Crippen LogP contribution in [0, 0.1) is 13.8 Å². The fourth-order valence-corrected chi connectivity index (χ4v) is 3.00. The van der Waals surface area contributed by atoms with Crippen LogP contribution in [0.5, 0.6) is 0 Å². The van der Waals surface area contributed by atoms with Crippen molar-refractivity contribution in [2.75, 3.05) is 25.0 Å². The summed E-state index contributed by atoms with van der Waals surface area (Å²) in [5.41, 5.74) is 3.23. The van der Waals surface area contributed by atoms with Crippen LogP contribution < -0.4 is 5.32 Å². The van der Waals surface area contributed by atoms with Gasteiger partial charge in [-0.2, -0.15) is 0 Å². The van der Waals surface area contributed by atoms with Crippen LogP contribution in [-0.2, 0) is 9.53 Å². The van der Waals surface area contributed by atoms with Crippen molar-refractivity contribution < 1.29 is 9.53 Å². The molecule has 1 aromatic carbocycles. The quantitative estimate of drug-likeness (QED) is 0.929. The molecule has 1 aliphatic heterocycles. The predicted molar refractivity (Wildman–Crippen MR) is 83.5 cm³/mol. The Morgan fingerprint density at radius 1 is 1.38 bits per heavy atom. The van der Waals surface area contributed by atoms with E-state index in [4.69, 9.17) is 4.74 Å². The third kappa shape index (κ3) is 3.11. The van der Waals surface area contributed by atoms with E-state index < -0.39 is 0 Å². The molecule has 1 atom stereocenters. The molecule has 3 rings (SSSR count). The van der Waals surface area contributed by atoms with Crippen molar-refractivity contribution in [2.24, 2.45) is 0 Å². The molecular weight excluding hydrogens is 264 g/mol. The predicted octanol–water partition coefficient (Wildman–Crippen LogP) is 2.50. The number of carbonyl (C=O) groups is 1. The average molecular weight is 288 g/mol. The highest BCUT2D eigenvalue weighted by Gasteiger charge is 2.49. The number of rotatable bonds is 3. The number of hydrogen-bond acceptors (Lipinski definition) is 3. The van der Waals surface area contributed by atoms with E-state index in [0.29, 0.717) is 12.6 Å². The molecule has 0 bridgehead atoms. The summed E-state index contributed by atoms with van der Waals surface area (Å²) in [4.78, 5) is 14.6. The van der Waals surface area contributed by atoms with E-state index in [0.717, 1.165) is 42.8 Å². The zero-order valence-corrected chi connectivity index (χ0v) is 13.1. The number of morpholine rings is 1. The van der Waals surface area contributed by atoms with Crippen molar-refractivity contribution in [2.45, 2.75) is 45.3 Å². The number of aryl methyl sites for hydroxylation is 2. The Kier molecular flexibility index (Phi) is 3.76. The minimum absolute atomic E-state index is 0.0609. The summed E-state index contributed by atoms with van der Waals surface area (Å²) in [7, 11) is 0. The second kappa shape index (κ2) is 5.43. The van der Waals surface area contributed by atoms with Crippen molar-refractivity contribution in [1.29, 1.82) is 0 Å². The normalized spacial score (nSPS) is 24.0. The monoisotopic (exact) mass is 288 g/mol. The largest absolute Gasteiger partial charge is 0.372 e. The molecule has 1 aromatic rings. The number of carbonyl (C=O) groups excluding carboxylic acids is 1. The number of hydrogen-bond donors (Lipinski definition) is 1. The Morgan fingerprint density at radius 2 is 2.05 bits per heavy atom. The summed E-state index contributed by atoms with van der Waals surface area (Å²) in [6.45, 7) is 8.24. The molecule has 1 amide bonds. The van der Waals surface area contributed by atoms with E-state index >= 15 is 0 Å². The Labute approximate surface area is 126 Å². The molecule has 1 saturated heterocycles. The number of nitrogens with one attached hydrogen (secondary N) is 1. The molecule has 0 radical (unpaired) electrons. The van der Waals surface area contributed by atoms with Gasteiger partial charge in [0.05, 0.1) is 18.8 Å².